The van der Waals surface area contributed by atoms with Gasteiger partial charge in [0.2, 0.25) is 0 Å². The van der Waals surface area contributed by atoms with E-state index >= 15 is 0 Å². The lowest BCUT2D eigenvalue weighted by atomic mass is 10.1. The van der Waals surface area contributed by atoms with Crippen LogP contribution in [0.1, 0.15) is 26.5 Å². The monoisotopic (exact) mass is 293 g/mol. The SMILES string of the molecule is Nc1cccn2c(CN3C(=O)c4ccccc4C3=O)nnc12. The van der Waals surface area contributed by atoms with E-state index in [9.17, 15) is 9.59 Å². The first-order chi connectivity index (χ1) is 10.7. The zero-order valence-electron chi connectivity index (χ0n) is 11.4. The zero-order chi connectivity index (χ0) is 15.3. The third kappa shape index (κ3) is 1.62. The van der Waals surface area contributed by atoms with Crippen LogP contribution in [0.2, 0.25) is 0 Å². The quantitative estimate of drug-likeness (QED) is 0.714. The number of nitrogen functional groups attached to an aromatic ring is 1. The summed E-state index contributed by atoms with van der Waals surface area (Å²) in [6, 6.07) is 10.2. The molecule has 1 aromatic carbocycles. The smallest absolute Gasteiger partial charge is 0.261 e. The van der Waals surface area contributed by atoms with Crippen LogP contribution in [-0.4, -0.2) is 31.3 Å². The van der Waals surface area contributed by atoms with Gasteiger partial charge in [-0.25, -0.2) is 0 Å². The lowest BCUT2D eigenvalue weighted by Gasteiger charge is -2.12. The highest BCUT2D eigenvalue weighted by atomic mass is 16.2. The van der Waals surface area contributed by atoms with Crippen LogP contribution < -0.4 is 5.73 Å². The Labute approximate surface area is 125 Å². The zero-order valence-corrected chi connectivity index (χ0v) is 11.4. The molecule has 0 spiro atoms. The van der Waals surface area contributed by atoms with Crippen molar-refractivity contribution in [1.29, 1.82) is 0 Å². The molecule has 7 heteroatoms. The van der Waals surface area contributed by atoms with Gasteiger partial charge in [-0.3, -0.25) is 18.9 Å². The number of nitrogens with two attached hydrogens (primary N) is 1. The second-order valence-corrected chi connectivity index (χ2v) is 5.02. The minimum Gasteiger partial charge on any atom is -0.396 e. The van der Waals surface area contributed by atoms with Gasteiger partial charge in [0.05, 0.1) is 23.4 Å². The summed E-state index contributed by atoms with van der Waals surface area (Å²) >= 11 is 0. The molecule has 0 saturated carbocycles. The molecule has 0 fully saturated rings. The molecule has 2 aromatic heterocycles. The van der Waals surface area contributed by atoms with Gasteiger partial charge in [-0.1, -0.05) is 12.1 Å². The predicted octanol–water partition coefficient (Wildman–Crippen LogP) is 1.11. The maximum absolute atomic E-state index is 12.4. The van der Waals surface area contributed by atoms with Gasteiger partial charge in [-0.15, -0.1) is 10.2 Å². The van der Waals surface area contributed by atoms with Crippen molar-refractivity contribution in [3.63, 3.8) is 0 Å². The van der Waals surface area contributed by atoms with Crippen molar-refractivity contribution in [3.05, 3.63) is 59.5 Å². The van der Waals surface area contributed by atoms with Crippen LogP contribution in [0.15, 0.2) is 42.6 Å². The van der Waals surface area contributed by atoms with E-state index in [1.807, 2.05) is 0 Å². The van der Waals surface area contributed by atoms with Gasteiger partial charge in [0.15, 0.2) is 11.5 Å². The molecule has 0 unspecified atom stereocenters. The van der Waals surface area contributed by atoms with Crippen molar-refractivity contribution in [2.45, 2.75) is 6.54 Å². The second kappa shape index (κ2) is 4.39. The Morgan fingerprint density at radius 1 is 0.955 bits per heavy atom. The van der Waals surface area contributed by atoms with E-state index in [2.05, 4.69) is 10.2 Å². The van der Waals surface area contributed by atoms with Crippen LogP contribution in [0.25, 0.3) is 5.65 Å². The largest absolute Gasteiger partial charge is 0.396 e. The molecular weight excluding hydrogens is 282 g/mol. The second-order valence-electron chi connectivity index (χ2n) is 5.02. The normalized spacial score (nSPS) is 13.9. The Hall–Kier alpha value is -3.22. The molecule has 0 radical (unpaired) electrons. The van der Waals surface area contributed by atoms with Gasteiger partial charge < -0.3 is 5.73 Å². The maximum atomic E-state index is 12.4. The van der Waals surface area contributed by atoms with Gasteiger partial charge >= 0.3 is 0 Å². The van der Waals surface area contributed by atoms with Gasteiger partial charge in [0.25, 0.3) is 11.8 Å². The Balaban J connectivity index is 1.74. The fraction of sp³-hybridized carbons (Fsp3) is 0.0667. The lowest BCUT2D eigenvalue weighted by Crippen LogP contribution is -2.30. The molecule has 22 heavy (non-hydrogen) atoms. The number of fused-ring (bicyclic) bond motifs is 2. The van der Waals surface area contributed by atoms with E-state index in [1.54, 1.807) is 47.0 Å². The Morgan fingerprint density at radius 2 is 1.64 bits per heavy atom. The maximum Gasteiger partial charge on any atom is 0.261 e. The summed E-state index contributed by atoms with van der Waals surface area (Å²) in [6.45, 7) is 0.0525. The number of nitrogens with zero attached hydrogens (tertiary/aromatic N) is 4. The number of amides is 2. The molecule has 4 rings (SSSR count). The van der Waals surface area contributed by atoms with Gasteiger partial charge in [-0.05, 0) is 24.3 Å². The highest BCUT2D eigenvalue weighted by molar-refractivity contribution is 6.21. The van der Waals surface area contributed by atoms with E-state index in [1.165, 1.54) is 4.90 Å². The highest BCUT2D eigenvalue weighted by Gasteiger charge is 2.35. The summed E-state index contributed by atoms with van der Waals surface area (Å²) in [5.74, 6) is -0.153. The number of hydrogen-bond donors (Lipinski definition) is 1. The molecule has 1 aliphatic heterocycles. The third-order valence-corrected chi connectivity index (χ3v) is 3.71. The number of rotatable bonds is 2. The molecule has 0 bridgehead atoms. The van der Waals surface area contributed by atoms with Crippen molar-refractivity contribution < 1.29 is 9.59 Å². The number of carbonyl (C=O) groups excluding carboxylic acids is 2. The van der Waals surface area contributed by atoms with E-state index in [0.717, 1.165) is 0 Å². The van der Waals surface area contributed by atoms with E-state index in [0.29, 0.717) is 28.3 Å². The minimum atomic E-state index is -0.318. The van der Waals surface area contributed by atoms with Crippen molar-refractivity contribution in [3.8, 4) is 0 Å². The fourth-order valence-corrected chi connectivity index (χ4v) is 2.62. The summed E-state index contributed by atoms with van der Waals surface area (Å²) in [7, 11) is 0. The number of carbonyl (C=O) groups is 2. The number of hydrogen-bond acceptors (Lipinski definition) is 5. The van der Waals surface area contributed by atoms with Crippen LogP contribution in [0, 0.1) is 0 Å². The van der Waals surface area contributed by atoms with E-state index in [4.69, 9.17) is 5.73 Å². The first-order valence-electron chi connectivity index (χ1n) is 6.70. The Morgan fingerprint density at radius 3 is 2.32 bits per heavy atom. The van der Waals surface area contributed by atoms with Gasteiger partial charge in [0.1, 0.15) is 0 Å². The average Bonchev–Trinajstić information content (AvgIpc) is 3.05. The third-order valence-electron chi connectivity index (χ3n) is 3.71. The van der Waals surface area contributed by atoms with E-state index in [-0.39, 0.29) is 18.4 Å². The van der Waals surface area contributed by atoms with E-state index < -0.39 is 0 Å². The molecule has 3 aromatic rings. The molecule has 0 aliphatic carbocycles. The lowest BCUT2D eigenvalue weighted by molar-refractivity contribution is 0.0638. The number of anilines is 1. The Kier molecular flexibility index (Phi) is 2.50. The Bertz CT molecular complexity index is 896. The molecule has 3 heterocycles. The molecule has 108 valence electrons. The number of pyridine rings is 1. The van der Waals surface area contributed by atoms with Crippen LogP contribution in [0.4, 0.5) is 5.69 Å². The molecule has 2 N–H and O–H groups in total. The molecular formula is C15H11N5O2. The average molecular weight is 293 g/mol. The van der Waals surface area contributed by atoms with Crippen molar-refractivity contribution in [2.24, 2.45) is 0 Å². The topological polar surface area (TPSA) is 93.6 Å². The highest BCUT2D eigenvalue weighted by Crippen LogP contribution is 2.24. The van der Waals surface area contributed by atoms with Gasteiger partial charge in [-0.2, -0.15) is 0 Å². The van der Waals surface area contributed by atoms with Gasteiger partial charge in [0, 0.05) is 6.20 Å². The summed E-state index contributed by atoms with van der Waals surface area (Å²) < 4.78 is 1.68. The van der Waals surface area contributed by atoms with Crippen molar-refractivity contribution in [2.75, 3.05) is 5.73 Å². The molecule has 7 nitrogen and oxygen atoms in total. The first kappa shape index (κ1) is 12.5. The molecule has 0 atom stereocenters. The predicted molar refractivity (Wildman–Crippen MR) is 78.0 cm³/mol. The number of benzene rings is 1. The fourth-order valence-electron chi connectivity index (χ4n) is 2.62. The summed E-state index contributed by atoms with van der Waals surface area (Å²) in [5.41, 5.74) is 7.66. The minimum absolute atomic E-state index is 0.0525. The van der Waals surface area contributed by atoms with Crippen LogP contribution in [0.3, 0.4) is 0 Å². The van der Waals surface area contributed by atoms with Crippen molar-refractivity contribution in [1.82, 2.24) is 19.5 Å². The summed E-state index contributed by atoms with van der Waals surface area (Å²) in [4.78, 5) is 25.9. The van der Waals surface area contributed by atoms with Crippen LogP contribution in [0.5, 0.6) is 0 Å². The van der Waals surface area contributed by atoms with Crippen molar-refractivity contribution >= 4 is 23.1 Å². The molecule has 0 saturated heterocycles. The molecule has 1 aliphatic rings. The van der Waals surface area contributed by atoms with Crippen LogP contribution in [-0.2, 0) is 6.54 Å². The number of imide groups is 1. The number of aromatic nitrogens is 3. The molecule has 2 amide bonds. The first-order valence-corrected chi connectivity index (χ1v) is 6.70. The summed E-state index contributed by atoms with van der Waals surface area (Å²) in [5, 5.41) is 8.04. The van der Waals surface area contributed by atoms with Crippen LogP contribution >= 0.6 is 0 Å². The summed E-state index contributed by atoms with van der Waals surface area (Å²) in [6.07, 6.45) is 1.75. The standard InChI is InChI=1S/C15H11N5O2/c16-11-6-3-7-19-12(17-18-13(11)19)8-20-14(21)9-4-1-2-5-10(9)15(20)22/h1-7H,8,16H2.